The molecule has 2 aromatic carbocycles. The molecular formula is C19H15BrN2O3. The molecule has 5 nitrogen and oxygen atoms in total. The second-order valence-corrected chi connectivity index (χ2v) is 5.99. The Morgan fingerprint density at radius 1 is 1.24 bits per heavy atom. The predicted molar refractivity (Wildman–Crippen MR) is 101 cm³/mol. The summed E-state index contributed by atoms with van der Waals surface area (Å²) in [6, 6.07) is 10.7. The van der Waals surface area contributed by atoms with E-state index in [9.17, 15) is 4.79 Å². The fourth-order valence-electron chi connectivity index (χ4n) is 2.43. The van der Waals surface area contributed by atoms with Gasteiger partial charge in [0.1, 0.15) is 12.4 Å². The summed E-state index contributed by atoms with van der Waals surface area (Å²) in [6.45, 7) is 2.48. The summed E-state index contributed by atoms with van der Waals surface area (Å²) in [5, 5.41) is 0.543. The zero-order chi connectivity index (χ0) is 17.8. The first-order valence-corrected chi connectivity index (χ1v) is 8.45. The maximum absolute atomic E-state index is 12.3. The highest BCUT2D eigenvalue weighted by Crippen LogP contribution is 2.37. The standard InChI is InChI=1S/C19H15BrN2O3/c1-3-9-25-17-11-14(20)13(10-16(17)24-4-2)18-21-15-8-6-5-7-12(15)19(23)22-18/h1,5-8,10-11H,4,9H2,2H3,(H,21,22,23). The van der Waals surface area contributed by atoms with Crippen LogP contribution in [-0.4, -0.2) is 23.2 Å². The van der Waals surface area contributed by atoms with E-state index in [4.69, 9.17) is 15.9 Å². The van der Waals surface area contributed by atoms with Gasteiger partial charge < -0.3 is 14.5 Å². The number of nitrogens with one attached hydrogen (secondary N) is 1. The molecule has 0 radical (unpaired) electrons. The van der Waals surface area contributed by atoms with Gasteiger partial charge in [0, 0.05) is 10.0 Å². The molecule has 1 heterocycles. The average molecular weight is 399 g/mol. The Bertz CT molecular complexity index is 1020. The molecule has 126 valence electrons. The number of aromatic nitrogens is 2. The summed E-state index contributed by atoms with van der Waals surface area (Å²) < 4.78 is 11.9. The van der Waals surface area contributed by atoms with Crippen molar-refractivity contribution in [1.29, 1.82) is 0 Å². The fraction of sp³-hybridized carbons (Fsp3) is 0.158. The van der Waals surface area contributed by atoms with Crippen molar-refractivity contribution in [2.24, 2.45) is 0 Å². The Balaban J connectivity index is 2.15. The zero-order valence-electron chi connectivity index (χ0n) is 13.5. The number of H-pyrrole nitrogens is 1. The van der Waals surface area contributed by atoms with Crippen LogP contribution in [0.4, 0.5) is 0 Å². The second-order valence-electron chi connectivity index (χ2n) is 5.14. The third kappa shape index (κ3) is 3.52. The molecule has 0 bridgehead atoms. The van der Waals surface area contributed by atoms with E-state index in [0.717, 1.165) is 0 Å². The lowest BCUT2D eigenvalue weighted by atomic mass is 10.1. The predicted octanol–water partition coefficient (Wildman–Crippen LogP) is 3.76. The highest BCUT2D eigenvalue weighted by molar-refractivity contribution is 9.10. The van der Waals surface area contributed by atoms with E-state index in [2.05, 4.69) is 31.8 Å². The van der Waals surface area contributed by atoms with Gasteiger partial charge in [-0.3, -0.25) is 4.79 Å². The first-order valence-electron chi connectivity index (χ1n) is 7.66. The molecule has 0 saturated heterocycles. The SMILES string of the molecule is C#CCOc1cc(Br)c(-c2nc3ccccc3c(=O)[nH]2)cc1OCC. The molecule has 1 aromatic heterocycles. The number of rotatable bonds is 5. The quantitative estimate of drug-likeness (QED) is 0.664. The minimum Gasteiger partial charge on any atom is -0.490 e. The van der Waals surface area contributed by atoms with Crippen LogP contribution >= 0.6 is 15.9 Å². The Morgan fingerprint density at radius 2 is 2.00 bits per heavy atom. The number of fused-ring (bicyclic) bond motifs is 1. The van der Waals surface area contributed by atoms with Gasteiger partial charge in [-0.25, -0.2) is 4.98 Å². The average Bonchev–Trinajstić information content (AvgIpc) is 2.61. The monoisotopic (exact) mass is 398 g/mol. The van der Waals surface area contributed by atoms with Crippen LogP contribution in [0.25, 0.3) is 22.3 Å². The van der Waals surface area contributed by atoms with Crippen molar-refractivity contribution >= 4 is 26.8 Å². The molecule has 0 amide bonds. The number of aromatic amines is 1. The highest BCUT2D eigenvalue weighted by atomic mass is 79.9. The first-order chi connectivity index (χ1) is 12.1. The normalized spacial score (nSPS) is 10.4. The number of nitrogens with zero attached hydrogens (tertiary/aromatic N) is 1. The number of para-hydroxylation sites is 1. The van der Waals surface area contributed by atoms with Gasteiger partial charge in [0.2, 0.25) is 0 Å². The Hall–Kier alpha value is -2.78. The van der Waals surface area contributed by atoms with Crippen molar-refractivity contribution in [3.63, 3.8) is 0 Å². The molecule has 0 atom stereocenters. The number of ether oxygens (including phenoxy) is 2. The van der Waals surface area contributed by atoms with Crippen LogP contribution in [0.3, 0.4) is 0 Å². The van der Waals surface area contributed by atoms with E-state index in [1.165, 1.54) is 0 Å². The van der Waals surface area contributed by atoms with Crippen molar-refractivity contribution in [3.05, 3.63) is 51.2 Å². The Labute approximate surface area is 153 Å². The zero-order valence-corrected chi connectivity index (χ0v) is 15.1. The third-order valence-corrected chi connectivity index (χ3v) is 4.17. The van der Waals surface area contributed by atoms with E-state index in [1.54, 1.807) is 30.3 Å². The van der Waals surface area contributed by atoms with Gasteiger partial charge in [-0.05, 0) is 47.1 Å². The van der Waals surface area contributed by atoms with Crippen LogP contribution in [0, 0.1) is 12.3 Å². The molecule has 0 fully saturated rings. The maximum atomic E-state index is 12.3. The van der Waals surface area contributed by atoms with Crippen molar-refractivity contribution < 1.29 is 9.47 Å². The fourth-order valence-corrected chi connectivity index (χ4v) is 2.94. The largest absolute Gasteiger partial charge is 0.490 e. The molecule has 6 heteroatoms. The molecule has 1 N–H and O–H groups in total. The number of halogens is 1. The molecule has 0 unspecified atom stereocenters. The van der Waals surface area contributed by atoms with Crippen molar-refractivity contribution in [2.75, 3.05) is 13.2 Å². The van der Waals surface area contributed by atoms with Gasteiger partial charge in [0.15, 0.2) is 11.5 Å². The van der Waals surface area contributed by atoms with Gasteiger partial charge in [0.05, 0.1) is 17.5 Å². The summed E-state index contributed by atoms with van der Waals surface area (Å²) >= 11 is 3.50. The smallest absolute Gasteiger partial charge is 0.259 e. The Kier molecular flexibility index (Phi) is 5.05. The third-order valence-electron chi connectivity index (χ3n) is 3.51. The van der Waals surface area contributed by atoms with Crippen molar-refractivity contribution in [3.8, 4) is 35.2 Å². The molecule has 0 saturated carbocycles. The molecule has 0 spiro atoms. The summed E-state index contributed by atoms with van der Waals surface area (Å²) in [4.78, 5) is 19.7. The lowest BCUT2D eigenvalue weighted by Crippen LogP contribution is -2.10. The number of hydrogen-bond donors (Lipinski definition) is 1. The summed E-state index contributed by atoms with van der Waals surface area (Å²) in [5.41, 5.74) is 1.12. The minimum atomic E-state index is -0.196. The number of terminal acetylenes is 1. The molecule has 3 rings (SSSR count). The van der Waals surface area contributed by atoms with E-state index in [1.807, 2.05) is 13.0 Å². The lowest BCUT2D eigenvalue weighted by Gasteiger charge is -2.14. The van der Waals surface area contributed by atoms with Crippen LogP contribution in [0.5, 0.6) is 11.5 Å². The van der Waals surface area contributed by atoms with Crippen LogP contribution in [-0.2, 0) is 0 Å². The maximum Gasteiger partial charge on any atom is 0.259 e. The molecule has 0 aliphatic rings. The molecular weight excluding hydrogens is 384 g/mol. The van der Waals surface area contributed by atoms with E-state index < -0.39 is 0 Å². The van der Waals surface area contributed by atoms with Gasteiger partial charge in [-0.1, -0.05) is 18.1 Å². The van der Waals surface area contributed by atoms with Gasteiger partial charge >= 0.3 is 0 Å². The van der Waals surface area contributed by atoms with Crippen LogP contribution < -0.4 is 15.0 Å². The van der Waals surface area contributed by atoms with Crippen LogP contribution in [0.1, 0.15) is 6.92 Å². The highest BCUT2D eigenvalue weighted by Gasteiger charge is 2.15. The second kappa shape index (κ2) is 7.41. The van der Waals surface area contributed by atoms with Gasteiger partial charge in [-0.15, -0.1) is 6.42 Å². The number of benzene rings is 2. The van der Waals surface area contributed by atoms with E-state index >= 15 is 0 Å². The summed E-state index contributed by atoms with van der Waals surface area (Å²) in [6.07, 6.45) is 5.25. The van der Waals surface area contributed by atoms with E-state index in [0.29, 0.717) is 44.9 Å². The summed E-state index contributed by atoms with van der Waals surface area (Å²) in [5.74, 6) is 3.93. The van der Waals surface area contributed by atoms with Gasteiger partial charge in [0.25, 0.3) is 5.56 Å². The molecule has 0 aliphatic carbocycles. The van der Waals surface area contributed by atoms with Crippen LogP contribution in [0.2, 0.25) is 0 Å². The number of hydrogen-bond acceptors (Lipinski definition) is 4. The van der Waals surface area contributed by atoms with Gasteiger partial charge in [-0.2, -0.15) is 0 Å². The molecule has 3 aromatic rings. The first kappa shape index (κ1) is 17.1. The Morgan fingerprint density at radius 3 is 2.76 bits per heavy atom. The summed E-state index contributed by atoms with van der Waals surface area (Å²) in [7, 11) is 0. The van der Waals surface area contributed by atoms with Crippen LogP contribution in [0.15, 0.2) is 45.7 Å². The molecule has 25 heavy (non-hydrogen) atoms. The lowest BCUT2D eigenvalue weighted by molar-refractivity contribution is 0.299. The minimum absolute atomic E-state index is 0.136. The van der Waals surface area contributed by atoms with E-state index in [-0.39, 0.29) is 12.2 Å². The van der Waals surface area contributed by atoms with Crippen molar-refractivity contribution in [1.82, 2.24) is 9.97 Å². The van der Waals surface area contributed by atoms with Crippen molar-refractivity contribution in [2.45, 2.75) is 6.92 Å². The topological polar surface area (TPSA) is 64.2 Å². The molecule has 0 aliphatic heterocycles.